The van der Waals surface area contributed by atoms with Crippen molar-refractivity contribution in [2.45, 2.75) is 0 Å². The lowest BCUT2D eigenvalue weighted by Crippen LogP contribution is -2.18. The van der Waals surface area contributed by atoms with Crippen LogP contribution in [0.4, 0.5) is 0 Å². The third kappa shape index (κ3) is 2.87. The Labute approximate surface area is 144 Å². The zero-order valence-electron chi connectivity index (χ0n) is 13.7. The molecular formula is C20H16N4O. The highest BCUT2D eigenvalue weighted by molar-refractivity contribution is 6.13. The minimum absolute atomic E-state index is 0.332. The molecule has 0 unspecified atom stereocenters. The van der Waals surface area contributed by atoms with E-state index in [2.05, 4.69) is 46.0 Å². The molecule has 0 saturated heterocycles. The molecule has 4 aromatic rings. The summed E-state index contributed by atoms with van der Waals surface area (Å²) in [4.78, 5) is 12.1. The molecule has 1 N–H and O–H groups in total. The second kappa shape index (κ2) is 6.20. The van der Waals surface area contributed by atoms with E-state index in [0.717, 1.165) is 27.1 Å². The molecule has 5 heteroatoms. The summed E-state index contributed by atoms with van der Waals surface area (Å²) in [5, 5.41) is 12.7. The molecule has 0 aliphatic heterocycles. The van der Waals surface area contributed by atoms with Crippen LogP contribution in [-0.2, 0) is 7.05 Å². The van der Waals surface area contributed by atoms with Crippen LogP contribution in [0.2, 0.25) is 0 Å². The number of carbonyl (C=O) groups excluding carboxylic acids is 1. The van der Waals surface area contributed by atoms with E-state index in [1.807, 2.05) is 24.3 Å². The zero-order valence-corrected chi connectivity index (χ0v) is 13.7. The van der Waals surface area contributed by atoms with Crippen LogP contribution >= 0.6 is 0 Å². The van der Waals surface area contributed by atoms with E-state index in [1.54, 1.807) is 30.2 Å². The lowest BCUT2D eigenvalue weighted by Gasteiger charge is -2.07. The van der Waals surface area contributed by atoms with Crippen molar-refractivity contribution in [3.63, 3.8) is 0 Å². The van der Waals surface area contributed by atoms with Gasteiger partial charge in [-0.05, 0) is 33.7 Å². The van der Waals surface area contributed by atoms with Crippen LogP contribution < -0.4 is 5.43 Å². The Bertz CT molecular complexity index is 1060. The predicted molar refractivity (Wildman–Crippen MR) is 99.7 cm³/mol. The molecule has 0 aliphatic rings. The van der Waals surface area contributed by atoms with Crippen LogP contribution in [-0.4, -0.2) is 21.9 Å². The zero-order chi connectivity index (χ0) is 17.2. The van der Waals surface area contributed by atoms with E-state index in [-0.39, 0.29) is 5.91 Å². The van der Waals surface area contributed by atoms with E-state index >= 15 is 0 Å². The number of fused-ring (bicyclic) bond motifs is 2. The molecule has 0 saturated carbocycles. The van der Waals surface area contributed by atoms with Gasteiger partial charge in [0.1, 0.15) is 0 Å². The Morgan fingerprint density at radius 1 is 1.04 bits per heavy atom. The first kappa shape index (κ1) is 15.1. The largest absolute Gasteiger partial charge is 0.291 e. The van der Waals surface area contributed by atoms with Crippen LogP contribution in [0.5, 0.6) is 0 Å². The normalized spacial score (nSPS) is 11.4. The van der Waals surface area contributed by atoms with Gasteiger partial charge in [-0.25, -0.2) is 5.43 Å². The quantitative estimate of drug-likeness (QED) is 0.355. The van der Waals surface area contributed by atoms with Gasteiger partial charge in [0.25, 0.3) is 5.91 Å². The number of aromatic nitrogens is 2. The van der Waals surface area contributed by atoms with Crippen molar-refractivity contribution in [2.75, 3.05) is 0 Å². The van der Waals surface area contributed by atoms with Crippen LogP contribution in [0.1, 0.15) is 16.1 Å². The van der Waals surface area contributed by atoms with E-state index in [9.17, 15) is 4.79 Å². The smallest absolute Gasteiger partial charge is 0.275 e. The van der Waals surface area contributed by atoms with Crippen molar-refractivity contribution < 1.29 is 4.79 Å². The van der Waals surface area contributed by atoms with Crippen molar-refractivity contribution in [1.29, 1.82) is 0 Å². The molecule has 1 amide bonds. The molecule has 0 aliphatic carbocycles. The standard InChI is InChI=1S/C20H16N4O/c1-24-11-10-19(23-24)20(25)22-21-13-18-16-8-4-2-6-14(16)12-15-7-3-5-9-17(15)18/h2-13H,1H3,(H,22,25). The number of hydrogen-bond acceptors (Lipinski definition) is 3. The molecule has 4 rings (SSSR count). The number of carbonyl (C=O) groups is 1. The van der Waals surface area contributed by atoms with Gasteiger partial charge in [0.2, 0.25) is 0 Å². The third-order valence-corrected chi connectivity index (χ3v) is 4.12. The van der Waals surface area contributed by atoms with Crippen molar-refractivity contribution in [3.05, 3.63) is 78.1 Å². The number of rotatable bonds is 3. The summed E-state index contributed by atoms with van der Waals surface area (Å²) in [6, 6.07) is 20.1. The monoisotopic (exact) mass is 328 g/mol. The number of amides is 1. The molecule has 1 heterocycles. The molecule has 5 nitrogen and oxygen atoms in total. The number of benzene rings is 3. The second-order valence-electron chi connectivity index (χ2n) is 5.81. The Morgan fingerprint density at radius 3 is 2.28 bits per heavy atom. The van der Waals surface area contributed by atoms with Gasteiger partial charge >= 0.3 is 0 Å². The van der Waals surface area contributed by atoms with E-state index in [1.165, 1.54) is 0 Å². The highest BCUT2D eigenvalue weighted by atomic mass is 16.2. The molecule has 0 fully saturated rings. The molecule has 122 valence electrons. The first-order valence-electron chi connectivity index (χ1n) is 7.96. The minimum atomic E-state index is -0.332. The lowest BCUT2D eigenvalue weighted by atomic mass is 9.97. The fraction of sp³-hybridized carbons (Fsp3) is 0.0500. The predicted octanol–water partition coefficient (Wildman–Crippen LogP) is 3.49. The summed E-state index contributed by atoms with van der Waals surface area (Å²) in [5.41, 5.74) is 3.86. The van der Waals surface area contributed by atoms with Gasteiger partial charge in [-0.2, -0.15) is 10.2 Å². The molecular weight excluding hydrogens is 312 g/mol. The van der Waals surface area contributed by atoms with Crippen molar-refractivity contribution in [3.8, 4) is 0 Å². The maximum Gasteiger partial charge on any atom is 0.291 e. The first-order chi connectivity index (χ1) is 12.2. The molecule has 0 radical (unpaired) electrons. The highest BCUT2D eigenvalue weighted by Crippen LogP contribution is 2.27. The average molecular weight is 328 g/mol. The first-order valence-corrected chi connectivity index (χ1v) is 7.96. The summed E-state index contributed by atoms with van der Waals surface area (Å²) in [7, 11) is 1.77. The fourth-order valence-corrected chi connectivity index (χ4v) is 2.94. The third-order valence-electron chi connectivity index (χ3n) is 4.12. The average Bonchev–Trinajstić information content (AvgIpc) is 3.07. The van der Waals surface area contributed by atoms with Crippen LogP contribution in [0.3, 0.4) is 0 Å². The van der Waals surface area contributed by atoms with Gasteiger partial charge < -0.3 is 0 Å². The van der Waals surface area contributed by atoms with Crippen molar-refractivity contribution in [1.82, 2.24) is 15.2 Å². The van der Waals surface area contributed by atoms with E-state index < -0.39 is 0 Å². The summed E-state index contributed by atoms with van der Waals surface area (Å²) in [5.74, 6) is -0.332. The molecule has 1 aromatic heterocycles. The topological polar surface area (TPSA) is 59.3 Å². The van der Waals surface area contributed by atoms with Crippen LogP contribution in [0, 0.1) is 0 Å². The van der Waals surface area contributed by atoms with Crippen LogP contribution in [0.15, 0.2) is 72.0 Å². The summed E-state index contributed by atoms with van der Waals surface area (Å²) < 4.78 is 1.58. The Kier molecular flexibility index (Phi) is 3.74. The van der Waals surface area contributed by atoms with Gasteiger partial charge in [0.05, 0.1) is 6.21 Å². The second-order valence-corrected chi connectivity index (χ2v) is 5.81. The lowest BCUT2D eigenvalue weighted by molar-refractivity contribution is 0.0949. The Balaban J connectivity index is 1.73. The highest BCUT2D eigenvalue weighted by Gasteiger charge is 2.08. The number of hydrogen-bond donors (Lipinski definition) is 1. The van der Waals surface area contributed by atoms with Crippen LogP contribution in [0.25, 0.3) is 21.5 Å². The SMILES string of the molecule is Cn1ccc(C(=O)NN=Cc2c3ccccc3cc3ccccc23)n1. The maximum absolute atomic E-state index is 12.1. The fourth-order valence-electron chi connectivity index (χ4n) is 2.94. The minimum Gasteiger partial charge on any atom is -0.275 e. The summed E-state index contributed by atoms with van der Waals surface area (Å²) >= 11 is 0. The van der Waals surface area contributed by atoms with Gasteiger partial charge in [0, 0.05) is 18.8 Å². The maximum atomic E-state index is 12.1. The molecule has 0 bridgehead atoms. The summed E-state index contributed by atoms with van der Waals surface area (Å²) in [6.45, 7) is 0. The van der Waals surface area contributed by atoms with Crippen molar-refractivity contribution >= 4 is 33.7 Å². The number of nitrogens with one attached hydrogen (secondary N) is 1. The molecule has 0 atom stereocenters. The van der Waals surface area contributed by atoms with Gasteiger partial charge in [-0.15, -0.1) is 0 Å². The number of hydrazone groups is 1. The van der Waals surface area contributed by atoms with E-state index in [0.29, 0.717) is 5.69 Å². The van der Waals surface area contributed by atoms with Gasteiger partial charge in [-0.1, -0.05) is 48.5 Å². The molecule has 3 aromatic carbocycles. The molecule has 25 heavy (non-hydrogen) atoms. The van der Waals surface area contributed by atoms with Crippen molar-refractivity contribution in [2.24, 2.45) is 12.1 Å². The Morgan fingerprint density at radius 2 is 1.68 bits per heavy atom. The van der Waals surface area contributed by atoms with Gasteiger partial charge in [-0.3, -0.25) is 9.48 Å². The number of aryl methyl sites for hydroxylation is 1. The molecule has 0 spiro atoms. The number of nitrogens with zero attached hydrogens (tertiary/aromatic N) is 3. The van der Waals surface area contributed by atoms with E-state index in [4.69, 9.17) is 0 Å². The Hall–Kier alpha value is -3.47. The summed E-state index contributed by atoms with van der Waals surface area (Å²) in [6.07, 6.45) is 3.42. The van der Waals surface area contributed by atoms with Gasteiger partial charge in [0.15, 0.2) is 5.69 Å².